The fourth-order valence-corrected chi connectivity index (χ4v) is 2.66. The Bertz CT molecular complexity index is 547. The Morgan fingerprint density at radius 2 is 1.07 bits per heavy atom. The molecule has 0 rings (SSSR count). The first-order valence-electron chi connectivity index (χ1n) is 11.3. The zero-order valence-corrected chi connectivity index (χ0v) is 18.9. The normalized spacial score (nSPS) is 13.9. The highest BCUT2D eigenvalue weighted by molar-refractivity contribution is 5.69. The van der Waals surface area contributed by atoms with Crippen LogP contribution in [0.3, 0.4) is 0 Å². The van der Waals surface area contributed by atoms with E-state index < -0.39 is 0 Å². The zero-order chi connectivity index (χ0) is 21.4. The van der Waals surface area contributed by atoms with Gasteiger partial charge in [0.05, 0.1) is 6.61 Å². The monoisotopic (exact) mass is 398 g/mol. The number of carbonyl (C=O) groups excluding carboxylic acids is 1. The van der Waals surface area contributed by atoms with Gasteiger partial charge < -0.3 is 4.74 Å². The molecule has 0 N–H and O–H groups in total. The van der Waals surface area contributed by atoms with Crippen molar-refractivity contribution in [3.8, 4) is 0 Å². The van der Waals surface area contributed by atoms with Crippen LogP contribution in [0.1, 0.15) is 78.6 Å². The number of hydrogen-bond donors (Lipinski definition) is 0. The molecule has 0 bridgehead atoms. The smallest absolute Gasteiger partial charge is 0.306 e. The average molecular weight is 399 g/mol. The van der Waals surface area contributed by atoms with Crippen molar-refractivity contribution in [2.24, 2.45) is 5.92 Å². The van der Waals surface area contributed by atoms with Gasteiger partial charge in [-0.2, -0.15) is 0 Å². The van der Waals surface area contributed by atoms with Crippen molar-refractivity contribution >= 4 is 5.97 Å². The van der Waals surface area contributed by atoms with Gasteiger partial charge in [0.1, 0.15) is 0 Å². The van der Waals surface area contributed by atoms with Crippen LogP contribution in [0.2, 0.25) is 0 Å². The predicted octanol–water partition coefficient (Wildman–Crippen LogP) is 8.05. The molecule has 0 aromatic rings. The minimum Gasteiger partial charge on any atom is -0.466 e. The van der Waals surface area contributed by atoms with Crippen molar-refractivity contribution in [1.29, 1.82) is 0 Å². The lowest BCUT2D eigenvalue weighted by molar-refractivity contribution is -0.144. The van der Waals surface area contributed by atoms with Gasteiger partial charge in [-0.25, -0.2) is 0 Å². The fourth-order valence-electron chi connectivity index (χ4n) is 2.66. The van der Waals surface area contributed by atoms with E-state index >= 15 is 0 Å². The highest BCUT2D eigenvalue weighted by Gasteiger charge is 2.10. The van der Waals surface area contributed by atoms with E-state index in [9.17, 15) is 4.79 Å². The molecule has 2 nitrogen and oxygen atoms in total. The molecule has 0 aliphatic carbocycles. The summed E-state index contributed by atoms with van der Waals surface area (Å²) in [4.78, 5) is 11.5. The second-order valence-corrected chi connectivity index (χ2v) is 6.93. The molecule has 0 saturated heterocycles. The zero-order valence-electron chi connectivity index (χ0n) is 18.9. The molecule has 0 fully saturated rings. The fraction of sp³-hybridized carbons (Fsp3) is 0.519. The van der Waals surface area contributed by atoms with Crippen LogP contribution in [-0.2, 0) is 9.53 Å². The molecule has 0 aliphatic rings. The van der Waals surface area contributed by atoms with Gasteiger partial charge in [-0.15, -0.1) is 0 Å². The van der Waals surface area contributed by atoms with E-state index in [1.54, 1.807) is 0 Å². The summed E-state index contributed by atoms with van der Waals surface area (Å²) in [7, 11) is 0. The van der Waals surface area contributed by atoms with Crippen molar-refractivity contribution < 1.29 is 9.53 Å². The Morgan fingerprint density at radius 1 is 0.655 bits per heavy atom. The molecular weight excluding hydrogens is 356 g/mol. The number of allylic oxidation sites excluding steroid dienone is 12. The Hall–Kier alpha value is -2.09. The third kappa shape index (κ3) is 20.5. The van der Waals surface area contributed by atoms with Crippen molar-refractivity contribution in [3.63, 3.8) is 0 Å². The Labute approximate surface area is 179 Å². The molecule has 0 saturated carbocycles. The molecule has 0 heterocycles. The first-order chi connectivity index (χ1) is 14.2. The molecule has 162 valence electrons. The summed E-state index contributed by atoms with van der Waals surface area (Å²) >= 11 is 0. The van der Waals surface area contributed by atoms with Gasteiger partial charge in [0.15, 0.2) is 0 Å². The maximum absolute atomic E-state index is 11.5. The summed E-state index contributed by atoms with van der Waals surface area (Å²) in [6.07, 6.45) is 35.0. The quantitative estimate of drug-likeness (QED) is 0.183. The molecule has 1 unspecified atom stereocenters. The standard InChI is InChI=1S/C27H42O2/c1-4-7-8-9-10-11-12-13-14-15-16-17-18-19-20-21-22-23-24-26(5-2)25-27(28)29-6-3/h7-8,10-11,13-14,16-17,19-20,22-23,26H,4-6,9,12,15,18,21,24-25H2,1-3H3/b8-7-,11-10-,14-13-,17-16-,20-19-,23-22-. The highest BCUT2D eigenvalue weighted by atomic mass is 16.5. The molecule has 29 heavy (non-hydrogen) atoms. The largest absolute Gasteiger partial charge is 0.466 e. The summed E-state index contributed by atoms with van der Waals surface area (Å²) in [6, 6.07) is 0. The summed E-state index contributed by atoms with van der Waals surface area (Å²) in [5.74, 6) is 0.309. The van der Waals surface area contributed by atoms with Gasteiger partial charge in [-0.1, -0.05) is 93.2 Å². The molecule has 0 spiro atoms. The van der Waals surface area contributed by atoms with Crippen molar-refractivity contribution in [1.82, 2.24) is 0 Å². The Kier molecular flexibility index (Phi) is 20.6. The summed E-state index contributed by atoms with van der Waals surface area (Å²) in [5.41, 5.74) is 0. The first-order valence-corrected chi connectivity index (χ1v) is 11.3. The van der Waals surface area contributed by atoms with Crippen molar-refractivity contribution in [2.45, 2.75) is 78.6 Å². The third-order valence-corrected chi connectivity index (χ3v) is 4.40. The lowest BCUT2D eigenvalue weighted by Crippen LogP contribution is -2.10. The second kappa shape index (κ2) is 22.2. The number of rotatable bonds is 17. The second-order valence-electron chi connectivity index (χ2n) is 6.93. The van der Waals surface area contributed by atoms with E-state index in [4.69, 9.17) is 4.74 Å². The van der Waals surface area contributed by atoms with Crippen LogP contribution in [0, 0.1) is 5.92 Å². The van der Waals surface area contributed by atoms with Crippen LogP contribution in [-0.4, -0.2) is 12.6 Å². The number of esters is 1. The molecule has 0 aromatic heterocycles. The van der Waals surface area contributed by atoms with E-state index in [0.717, 1.165) is 51.4 Å². The molecule has 0 amide bonds. The number of carbonyl (C=O) groups is 1. The minimum absolute atomic E-state index is 0.0782. The lowest BCUT2D eigenvalue weighted by atomic mass is 9.98. The highest BCUT2D eigenvalue weighted by Crippen LogP contribution is 2.15. The molecule has 0 aromatic carbocycles. The van der Waals surface area contributed by atoms with Gasteiger partial charge in [0.25, 0.3) is 0 Å². The predicted molar refractivity (Wildman–Crippen MR) is 128 cm³/mol. The van der Waals surface area contributed by atoms with E-state index in [1.807, 2.05) is 6.92 Å². The van der Waals surface area contributed by atoms with Crippen LogP contribution in [0.4, 0.5) is 0 Å². The van der Waals surface area contributed by atoms with Crippen LogP contribution in [0.25, 0.3) is 0 Å². The minimum atomic E-state index is -0.0782. The van der Waals surface area contributed by atoms with Gasteiger partial charge in [0, 0.05) is 6.42 Å². The van der Waals surface area contributed by atoms with E-state index in [1.165, 1.54) is 0 Å². The first kappa shape index (κ1) is 26.9. The summed E-state index contributed by atoms with van der Waals surface area (Å²) in [5, 5.41) is 0. The topological polar surface area (TPSA) is 26.3 Å². The number of ether oxygens (including phenoxy) is 1. The van der Waals surface area contributed by atoms with Crippen LogP contribution >= 0.6 is 0 Å². The molecule has 2 heteroatoms. The summed E-state index contributed by atoms with van der Waals surface area (Å²) in [6.45, 7) is 6.60. The van der Waals surface area contributed by atoms with Gasteiger partial charge in [0.2, 0.25) is 0 Å². The van der Waals surface area contributed by atoms with Crippen molar-refractivity contribution in [3.05, 3.63) is 72.9 Å². The van der Waals surface area contributed by atoms with Crippen LogP contribution in [0.5, 0.6) is 0 Å². The average Bonchev–Trinajstić information content (AvgIpc) is 2.72. The van der Waals surface area contributed by atoms with Crippen LogP contribution < -0.4 is 0 Å². The molecular formula is C27H42O2. The van der Waals surface area contributed by atoms with E-state index in [0.29, 0.717) is 18.9 Å². The number of hydrogen-bond acceptors (Lipinski definition) is 2. The Balaban J connectivity index is 3.74. The molecule has 0 aliphatic heterocycles. The van der Waals surface area contributed by atoms with Crippen LogP contribution in [0.15, 0.2) is 72.9 Å². The third-order valence-electron chi connectivity index (χ3n) is 4.40. The maximum Gasteiger partial charge on any atom is 0.306 e. The maximum atomic E-state index is 11.5. The van der Waals surface area contributed by atoms with Crippen molar-refractivity contribution in [2.75, 3.05) is 6.61 Å². The van der Waals surface area contributed by atoms with Gasteiger partial charge in [-0.05, 0) is 57.8 Å². The summed E-state index contributed by atoms with van der Waals surface area (Å²) < 4.78 is 5.02. The molecule has 1 atom stereocenters. The Morgan fingerprint density at radius 3 is 1.45 bits per heavy atom. The van der Waals surface area contributed by atoms with Gasteiger partial charge in [-0.3, -0.25) is 4.79 Å². The molecule has 0 radical (unpaired) electrons. The van der Waals surface area contributed by atoms with E-state index in [2.05, 4.69) is 86.8 Å². The van der Waals surface area contributed by atoms with E-state index in [-0.39, 0.29) is 5.97 Å². The van der Waals surface area contributed by atoms with Gasteiger partial charge >= 0.3 is 5.97 Å². The SMILES string of the molecule is CC/C=C\C/C=C\C/C=C\C/C=C\C/C=C\C/C=C\CC(CC)CC(=O)OCC. The lowest BCUT2D eigenvalue weighted by Gasteiger charge is -2.11.